The lowest BCUT2D eigenvalue weighted by atomic mass is 10.0. The summed E-state index contributed by atoms with van der Waals surface area (Å²) in [6.45, 7) is 4.92. The molecule has 0 fully saturated rings. The third-order valence-corrected chi connectivity index (χ3v) is 3.13. The largest absolute Gasteiger partial charge is 0.496 e. The molecular weight excluding hydrogens is 226 g/mol. The third-order valence-electron chi connectivity index (χ3n) is 3.13. The number of aryl methyl sites for hydroxylation is 2. The Morgan fingerprint density at radius 3 is 2.78 bits per heavy atom. The normalized spacial score (nSPS) is 12.4. The van der Waals surface area contributed by atoms with Gasteiger partial charge in [-0.15, -0.1) is 0 Å². The third kappa shape index (κ3) is 2.38. The molecule has 2 rings (SSSR count). The van der Waals surface area contributed by atoms with Crippen molar-refractivity contribution < 1.29 is 4.74 Å². The SMILES string of the molecule is CCn1cc(C(N)c2ccc(C)c(OC)c2)cn1. The molecule has 4 heteroatoms. The fraction of sp³-hybridized carbons (Fsp3) is 0.357. The van der Waals surface area contributed by atoms with Gasteiger partial charge >= 0.3 is 0 Å². The first-order valence-corrected chi connectivity index (χ1v) is 6.08. The molecule has 4 nitrogen and oxygen atoms in total. The van der Waals surface area contributed by atoms with Crippen LogP contribution in [0.15, 0.2) is 30.6 Å². The Labute approximate surface area is 107 Å². The lowest BCUT2D eigenvalue weighted by Gasteiger charge is -2.13. The number of rotatable bonds is 4. The molecule has 1 aromatic heterocycles. The molecule has 0 saturated heterocycles. The van der Waals surface area contributed by atoms with Gasteiger partial charge in [0.1, 0.15) is 5.75 Å². The van der Waals surface area contributed by atoms with E-state index in [1.165, 1.54) is 0 Å². The van der Waals surface area contributed by atoms with Gasteiger partial charge in [0.15, 0.2) is 0 Å². The second-order valence-electron chi connectivity index (χ2n) is 4.34. The van der Waals surface area contributed by atoms with Gasteiger partial charge in [-0.3, -0.25) is 4.68 Å². The zero-order chi connectivity index (χ0) is 13.1. The summed E-state index contributed by atoms with van der Waals surface area (Å²) in [5.41, 5.74) is 9.41. The van der Waals surface area contributed by atoms with E-state index in [-0.39, 0.29) is 6.04 Å². The molecule has 1 heterocycles. The van der Waals surface area contributed by atoms with Crippen LogP contribution in [0.1, 0.15) is 29.7 Å². The summed E-state index contributed by atoms with van der Waals surface area (Å²) < 4.78 is 7.20. The van der Waals surface area contributed by atoms with E-state index in [1.54, 1.807) is 7.11 Å². The first kappa shape index (κ1) is 12.6. The first-order chi connectivity index (χ1) is 8.65. The van der Waals surface area contributed by atoms with Crippen molar-refractivity contribution in [2.75, 3.05) is 7.11 Å². The highest BCUT2D eigenvalue weighted by molar-refractivity contribution is 5.40. The van der Waals surface area contributed by atoms with Crippen LogP contribution in [-0.2, 0) is 6.54 Å². The number of methoxy groups -OCH3 is 1. The predicted octanol–water partition coefficient (Wildman–Crippen LogP) is 2.27. The van der Waals surface area contributed by atoms with Crippen LogP contribution in [0, 0.1) is 6.92 Å². The predicted molar refractivity (Wildman–Crippen MR) is 71.7 cm³/mol. The van der Waals surface area contributed by atoms with E-state index in [0.29, 0.717) is 0 Å². The number of hydrogen-bond donors (Lipinski definition) is 1. The van der Waals surface area contributed by atoms with Crippen molar-refractivity contribution in [3.63, 3.8) is 0 Å². The monoisotopic (exact) mass is 245 g/mol. The van der Waals surface area contributed by atoms with Crippen LogP contribution in [-0.4, -0.2) is 16.9 Å². The van der Waals surface area contributed by atoms with Gasteiger partial charge in [-0.2, -0.15) is 5.10 Å². The molecule has 1 aromatic carbocycles. The van der Waals surface area contributed by atoms with E-state index in [4.69, 9.17) is 10.5 Å². The zero-order valence-electron chi connectivity index (χ0n) is 11.1. The molecule has 0 saturated carbocycles. The fourth-order valence-electron chi connectivity index (χ4n) is 1.94. The number of benzene rings is 1. The zero-order valence-corrected chi connectivity index (χ0v) is 11.1. The smallest absolute Gasteiger partial charge is 0.122 e. The van der Waals surface area contributed by atoms with E-state index in [2.05, 4.69) is 12.0 Å². The molecule has 1 atom stereocenters. The van der Waals surface area contributed by atoms with Crippen molar-refractivity contribution in [3.8, 4) is 5.75 Å². The van der Waals surface area contributed by atoms with Gasteiger partial charge in [0.05, 0.1) is 19.3 Å². The molecule has 1 unspecified atom stereocenters. The molecule has 0 radical (unpaired) electrons. The van der Waals surface area contributed by atoms with Gasteiger partial charge in [-0.05, 0) is 31.0 Å². The van der Waals surface area contributed by atoms with Crippen molar-refractivity contribution in [1.29, 1.82) is 0 Å². The van der Waals surface area contributed by atoms with Crippen LogP contribution >= 0.6 is 0 Å². The Morgan fingerprint density at radius 2 is 2.17 bits per heavy atom. The van der Waals surface area contributed by atoms with Crippen molar-refractivity contribution in [2.45, 2.75) is 26.4 Å². The topological polar surface area (TPSA) is 53.1 Å². The maximum Gasteiger partial charge on any atom is 0.122 e. The van der Waals surface area contributed by atoms with Gasteiger partial charge in [0.2, 0.25) is 0 Å². The van der Waals surface area contributed by atoms with E-state index in [0.717, 1.165) is 29.0 Å². The van der Waals surface area contributed by atoms with Gasteiger partial charge in [0.25, 0.3) is 0 Å². The molecular formula is C14H19N3O. The lowest BCUT2D eigenvalue weighted by molar-refractivity contribution is 0.411. The number of nitrogens with two attached hydrogens (primary N) is 1. The molecule has 0 aliphatic heterocycles. The van der Waals surface area contributed by atoms with E-state index >= 15 is 0 Å². The van der Waals surface area contributed by atoms with Crippen LogP contribution in [0.4, 0.5) is 0 Å². The molecule has 0 spiro atoms. The summed E-state index contributed by atoms with van der Waals surface area (Å²) in [7, 11) is 1.67. The van der Waals surface area contributed by atoms with Crippen LogP contribution in [0.2, 0.25) is 0 Å². The molecule has 0 aliphatic rings. The molecule has 0 bridgehead atoms. The van der Waals surface area contributed by atoms with Crippen molar-refractivity contribution in [3.05, 3.63) is 47.3 Å². The van der Waals surface area contributed by atoms with Crippen molar-refractivity contribution in [1.82, 2.24) is 9.78 Å². The second-order valence-corrected chi connectivity index (χ2v) is 4.34. The maximum absolute atomic E-state index is 6.25. The van der Waals surface area contributed by atoms with Crippen LogP contribution < -0.4 is 10.5 Å². The van der Waals surface area contributed by atoms with Crippen molar-refractivity contribution >= 4 is 0 Å². The first-order valence-electron chi connectivity index (χ1n) is 6.08. The molecule has 2 N–H and O–H groups in total. The van der Waals surface area contributed by atoms with E-state index in [1.807, 2.05) is 42.2 Å². The molecule has 2 aromatic rings. The lowest BCUT2D eigenvalue weighted by Crippen LogP contribution is -2.11. The number of ether oxygens (including phenoxy) is 1. The average Bonchev–Trinajstić information content (AvgIpc) is 2.87. The molecule has 0 amide bonds. The highest BCUT2D eigenvalue weighted by Crippen LogP contribution is 2.25. The van der Waals surface area contributed by atoms with Crippen molar-refractivity contribution in [2.24, 2.45) is 5.73 Å². The summed E-state index contributed by atoms with van der Waals surface area (Å²) in [6.07, 6.45) is 3.80. The molecule has 18 heavy (non-hydrogen) atoms. The molecule has 96 valence electrons. The summed E-state index contributed by atoms with van der Waals surface area (Å²) in [5.74, 6) is 0.867. The number of aromatic nitrogens is 2. The minimum Gasteiger partial charge on any atom is -0.496 e. The highest BCUT2D eigenvalue weighted by atomic mass is 16.5. The average molecular weight is 245 g/mol. The Morgan fingerprint density at radius 1 is 1.39 bits per heavy atom. The minimum absolute atomic E-state index is 0.167. The van der Waals surface area contributed by atoms with Gasteiger partial charge in [0, 0.05) is 18.3 Å². The van der Waals surface area contributed by atoms with Crippen LogP contribution in [0.3, 0.4) is 0 Å². The van der Waals surface area contributed by atoms with Crippen LogP contribution in [0.25, 0.3) is 0 Å². The van der Waals surface area contributed by atoms with Gasteiger partial charge in [-0.1, -0.05) is 12.1 Å². The maximum atomic E-state index is 6.25. The van der Waals surface area contributed by atoms with E-state index in [9.17, 15) is 0 Å². The quantitative estimate of drug-likeness (QED) is 0.899. The highest BCUT2D eigenvalue weighted by Gasteiger charge is 2.12. The number of nitrogens with zero attached hydrogens (tertiary/aromatic N) is 2. The second kappa shape index (κ2) is 5.23. The summed E-state index contributed by atoms with van der Waals surface area (Å²) in [4.78, 5) is 0. The Bertz CT molecular complexity index is 534. The van der Waals surface area contributed by atoms with Gasteiger partial charge < -0.3 is 10.5 Å². The van der Waals surface area contributed by atoms with Crippen LogP contribution in [0.5, 0.6) is 5.75 Å². The van der Waals surface area contributed by atoms with Gasteiger partial charge in [-0.25, -0.2) is 0 Å². The minimum atomic E-state index is -0.167. The fourth-order valence-corrected chi connectivity index (χ4v) is 1.94. The summed E-state index contributed by atoms with van der Waals surface area (Å²) >= 11 is 0. The summed E-state index contributed by atoms with van der Waals surface area (Å²) in [6, 6.07) is 5.88. The van der Waals surface area contributed by atoms with E-state index < -0.39 is 0 Å². The Kier molecular flexibility index (Phi) is 3.67. The number of hydrogen-bond acceptors (Lipinski definition) is 3. The Hall–Kier alpha value is -1.81. The summed E-state index contributed by atoms with van der Waals surface area (Å²) in [5, 5.41) is 4.25. The molecule has 0 aliphatic carbocycles. The standard InChI is InChI=1S/C14H19N3O/c1-4-17-9-12(8-16-17)14(15)11-6-5-10(2)13(7-11)18-3/h5-9,14H,4,15H2,1-3H3. The Balaban J connectivity index is 2.30.